The molecule has 6 heteroatoms. The van der Waals surface area contributed by atoms with Gasteiger partial charge in [-0.15, -0.1) is 0 Å². The summed E-state index contributed by atoms with van der Waals surface area (Å²) in [6, 6.07) is -0.631. The Morgan fingerprint density at radius 1 is 1.24 bits per heavy atom. The molecule has 1 heterocycles. The Morgan fingerprint density at radius 2 is 1.76 bits per heavy atom. The normalized spacial score (nSPS) is 20.8. The number of nitrogens with zero attached hydrogens (tertiary/aromatic N) is 1. The van der Waals surface area contributed by atoms with Gasteiger partial charge in [0.05, 0.1) is 6.04 Å². The lowest BCUT2D eigenvalue weighted by Crippen LogP contribution is -2.47. The number of hydrogen-bond donors (Lipinski definition) is 1. The fourth-order valence-corrected chi connectivity index (χ4v) is 3.42. The molecule has 1 aliphatic rings. The monoisotopic (exact) mass is 262 g/mol. The quantitative estimate of drug-likeness (QED) is 0.805. The van der Waals surface area contributed by atoms with Crippen LogP contribution in [0.4, 0.5) is 0 Å². The molecule has 0 amide bonds. The molecule has 1 atom stereocenters. The molecule has 0 aromatic heterocycles. The maximum atomic E-state index is 12.0. The van der Waals surface area contributed by atoms with E-state index in [4.69, 9.17) is 0 Å². The van der Waals surface area contributed by atoms with Gasteiger partial charge < -0.3 is 0 Å². The first-order valence-corrected chi connectivity index (χ1v) is 7.71. The zero-order valence-electron chi connectivity index (χ0n) is 10.6. The highest BCUT2D eigenvalue weighted by Crippen LogP contribution is 2.12. The summed E-state index contributed by atoms with van der Waals surface area (Å²) in [5, 5.41) is 0. The first-order valence-electron chi connectivity index (χ1n) is 6.27. The second-order valence-corrected chi connectivity index (χ2v) is 6.18. The van der Waals surface area contributed by atoms with Crippen molar-refractivity contribution in [3.8, 4) is 0 Å². The van der Waals surface area contributed by atoms with Crippen molar-refractivity contribution in [2.24, 2.45) is 0 Å². The van der Waals surface area contributed by atoms with Crippen molar-refractivity contribution in [3.05, 3.63) is 0 Å². The van der Waals surface area contributed by atoms with Crippen molar-refractivity contribution in [2.45, 2.75) is 52.0 Å². The summed E-state index contributed by atoms with van der Waals surface area (Å²) in [6.45, 7) is 4.45. The summed E-state index contributed by atoms with van der Waals surface area (Å²) >= 11 is 0. The molecule has 1 saturated heterocycles. The van der Waals surface area contributed by atoms with Crippen LogP contribution in [-0.4, -0.2) is 37.6 Å². The zero-order valence-corrected chi connectivity index (χ0v) is 11.4. The van der Waals surface area contributed by atoms with Gasteiger partial charge in [-0.25, -0.2) is 0 Å². The average Bonchev–Trinajstić information content (AvgIpc) is 2.56. The van der Waals surface area contributed by atoms with Gasteiger partial charge in [-0.3, -0.25) is 4.79 Å². The van der Waals surface area contributed by atoms with Gasteiger partial charge in [-0.1, -0.05) is 19.8 Å². The highest BCUT2D eigenvalue weighted by molar-refractivity contribution is 7.87. The van der Waals surface area contributed by atoms with E-state index >= 15 is 0 Å². The van der Waals surface area contributed by atoms with Gasteiger partial charge >= 0.3 is 0 Å². The molecule has 1 rings (SSSR count). The van der Waals surface area contributed by atoms with Gasteiger partial charge in [0.15, 0.2) is 0 Å². The molecule has 0 saturated carbocycles. The average molecular weight is 262 g/mol. The van der Waals surface area contributed by atoms with E-state index in [1.807, 2.05) is 0 Å². The van der Waals surface area contributed by atoms with Crippen molar-refractivity contribution < 1.29 is 13.2 Å². The van der Waals surface area contributed by atoms with Crippen LogP contribution >= 0.6 is 0 Å². The largest absolute Gasteiger partial charge is 0.298 e. The molecule has 100 valence electrons. The Bertz CT molecular complexity index is 346. The summed E-state index contributed by atoms with van der Waals surface area (Å²) in [5.74, 6) is -0.0802. The van der Waals surface area contributed by atoms with Crippen LogP contribution in [0.5, 0.6) is 0 Å². The molecule has 0 bridgehead atoms. The third-order valence-electron chi connectivity index (χ3n) is 3.06. The molecular formula is C11H22N2O3S. The molecule has 0 aromatic carbocycles. The van der Waals surface area contributed by atoms with E-state index in [9.17, 15) is 13.2 Å². The third-order valence-corrected chi connectivity index (χ3v) is 4.76. The summed E-state index contributed by atoms with van der Waals surface area (Å²) < 4.78 is 28.0. The van der Waals surface area contributed by atoms with E-state index in [1.54, 1.807) is 13.8 Å². The van der Waals surface area contributed by atoms with E-state index in [0.29, 0.717) is 19.5 Å². The molecule has 17 heavy (non-hydrogen) atoms. The van der Waals surface area contributed by atoms with E-state index < -0.39 is 16.3 Å². The minimum atomic E-state index is -3.50. The molecule has 0 aliphatic carbocycles. The van der Waals surface area contributed by atoms with E-state index in [-0.39, 0.29) is 5.78 Å². The van der Waals surface area contributed by atoms with Crippen LogP contribution in [0, 0.1) is 0 Å². The Hall–Kier alpha value is -0.460. The van der Waals surface area contributed by atoms with Crippen molar-refractivity contribution in [2.75, 3.05) is 13.1 Å². The predicted molar refractivity (Wildman–Crippen MR) is 66.9 cm³/mol. The summed E-state index contributed by atoms with van der Waals surface area (Å²) in [4.78, 5) is 11.4. The lowest BCUT2D eigenvalue weighted by molar-refractivity contribution is -0.120. The van der Waals surface area contributed by atoms with Crippen molar-refractivity contribution in [1.82, 2.24) is 9.03 Å². The van der Waals surface area contributed by atoms with Crippen LogP contribution in [-0.2, 0) is 15.0 Å². The third kappa shape index (κ3) is 4.37. The predicted octanol–water partition coefficient (Wildman–Crippen LogP) is 1.06. The summed E-state index contributed by atoms with van der Waals surface area (Å²) in [6.07, 6.45) is 4.31. The number of carbonyl (C=O) groups is 1. The highest BCUT2D eigenvalue weighted by Gasteiger charge is 2.26. The maximum absolute atomic E-state index is 12.0. The first kappa shape index (κ1) is 14.6. The smallest absolute Gasteiger partial charge is 0.280 e. The van der Waals surface area contributed by atoms with E-state index in [0.717, 1.165) is 25.7 Å². The summed E-state index contributed by atoms with van der Waals surface area (Å²) in [5.41, 5.74) is 0. The fraction of sp³-hybridized carbons (Fsp3) is 0.909. The molecule has 5 nitrogen and oxygen atoms in total. The van der Waals surface area contributed by atoms with Crippen LogP contribution in [0.3, 0.4) is 0 Å². The van der Waals surface area contributed by atoms with Crippen LogP contribution in [0.1, 0.15) is 46.0 Å². The molecular weight excluding hydrogens is 240 g/mol. The number of rotatable bonds is 5. The van der Waals surface area contributed by atoms with E-state index in [1.165, 1.54) is 4.31 Å². The number of carbonyl (C=O) groups excluding carboxylic acids is 1. The maximum Gasteiger partial charge on any atom is 0.280 e. The second-order valence-electron chi connectivity index (χ2n) is 4.48. The van der Waals surface area contributed by atoms with Gasteiger partial charge in [0.2, 0.25) is 0 Å². The number of nitrogens with one attached hydrogen (secondary N) is 1. The van der Waals surface area contributed by atoms with Gasteiger partial charge in [0.1, 0.15) is 5.78 Å². The van der Waals surface area contributed by atoms with E-state index in [2.05, 4.69) is 4.72 Å². The SMILES string of the molecule is CCC(=O)C(C)NS(=O)(=O)N1CCCCCC1. The molecule has 0 radical (unpaired) electrons. The number of hydrogen-bond acceptors (Lipinski definition) is 3. The van der Waals surface area contributed by atoms with Gasteiger partial charge in [0.25, 0.3) is 10.2 Å². The van der Waals surface area contributed by atoms with Crippen molar-refractivity contribution in [1.29, 1.82) is 0 Å². The Kier molecular flexibility index (Phi) is 5.55. The molecule has 1 unspecified atom stereocenters. The van der Waals surface area contributed by atoms with Crippen molar-refractivity contribution in [3.63, 3.8) is 0 Å². The lowest BCUT2D eigenvalue weighted by atomic mass is 10.2. The molecule has 1 aliphatic heterocycles. The van der Waals surface area contributed by atoms with Crippen LogP contribution in [0.25, 0.3) is 0 Å². The molecule has 1 N–H and O–H groups in total. The van der Waals surface area contributed by atoms with Crippen molar-refractivity contribution >= 4 is 16.0 Å². The highest BCUT2D eigenvalue weighted by atomic mass is 32.2. The zero-order chi connectivity index (χ0) is 12.9. The Labute approximate surface area is 104 Å². The van der Waals surface area contributed by atoms with Gasteiger partial charge in [0, 0.05) is 19.5 Å². The van der Waals surface area contributed by atoms with Gasteiger partial charge in [-0.2, -0.15) is 17.4 Å². The Morgan fingerprint density at radius 3 is 2.24 bits per heavy atom. The van der Waals surface area contributed by atoms with Crippen LogP contribution in [0.15, 0.2) is 0 Å². The molecule has 0 aromatic rings. The van der Waals surface area contributed by atoms with Crippen LogP contribution in [0.2, 0.25) is 0 Å². The number of ketones is 1. The topological polar surface area (TPSA) is 66.5 Å². The summed E-state index contributed by atoms with van der Waals surface area (Å²) in [7, 11) is -3.50. The first-order chi connectivity index (χ1) is 7.97. The number of Topliss-reactive ketones (excluding diaryl/α,β-unsaturated/α-hetero) is 1. The van der Waals surface area contributed by atoms with Crippen LogP contribution < -0.4 is 4.72 Å². The molecule has 1 fully saturated rings. The fourth-order valence-electron chi connectivity index (χ4n) is 1.95. The molecule has 0 spiro atoms. The minimum absolute atomic E-state index is 0.0802. The van der Waals surface area contributed by atoms with Gasteiger partial charge in [-0.05, 0) is 19.8 Å². The minimum Gasteiger partial charge on any atom is -0.298 e. The standard InChI is InChI=1S/C11H22N2O3S/c1-3-11(14)10(2)12-17(15,16)13-8-6-4-5-7-9-13/h10,12H,3-9H2,1-2H3. The Balaban J connectivity index is 2.63. The second kappa shape index (κ2) is 6.47. The lowest BCUT2D eigenvalue weighted by Gasteiger charge is -2.22.